The lowest BCUT2D eigenvalue weighted by molar-refractivity contribution is -0.204. The molecule has 2 fully saturated rings. The molecule has 29 heavy (non-hydrogen) atoms. The van der Waals surface area contributed by atoms with E-state index >= 15 is 0 Å². The number of carbonyl (C=O) groups excluding carboxylic acids is 3. The van der Waals surface area contributed by atoms with Gasteiger partial charge < -0.3 is 14.8 Å². The van der Waals surface area contributed by atoms with Crippen molar-refractivity contribution in [3.63, 3.8) is 0 Å². The molecule has 2 N–H and O–H groups in total. The minimum Gasteiger partial charge on any atom is -0.493 e. The van der Waals surface area contributed by atoms with Crippen molar-refractivity contribution in [1.29, 1.82) is 0 Å². The van der Waals surface area contributed by atoms with Gasteiger partial charge in [0.1, 0.15) is 0 Å². The molecule has 8 nitrogen and oxygen atoms in total. The molecule has 1 saturated heterocycles. The molecule has 1 aliphatic heterocycles. The summed E-state index contributed by atoms with van der Waals surface area (Å²) in [6, 6.07) is 3.63. The maximum absolute atomic E-state index is 13.7. The number of rotatable bonds is 7. The van der Waals surface area contributed by atoms with Crippen molar-refractivity contribution in [3.05, 3.63) is 23.8 Å². The Morgan fingerprint density at radius 3 is 2.45 bits per heavy atom. The minimum atomic E-state index is -5.19. The number of nitrogens with one attached hydrogen (secondary N) is 2. The van der Waals surface area contributed by atoms with Crippen molar-refractivity contribution >= 4 is 17.8 Å². The number of methoxy groups -OCH3 is 2. The number of amides is 4. The van der Waals surface area contributed by atoms with E-state index in [-0.39, 0.29) is 13.0 Å². The van der Waals surface area contributed by atoms with Crippen LogP contribution in [0, 0.1) is 5.92 Å². The van der Waals surface area contributed by atoms with E-state index in [4.69, 9.17) is 9.47 Å². The van der Waals surface area contributed by atoms with E-state index in [0.29, 0.717) is 34.8 Å². The number of urea groups is 1. The molecule has 1 aromatic carbocycles. The Morgan fingerprint density at radius 1 is 1.24 bits per heavy atom. The molecule has 3 rings (SSSR count). The summed E-state index contributed by atoms with van der Waals surface area (Å²) >= 11 is 0. The third-order valence-electron chi connectivity index (χ3n) is 4.86. The Hall–Kier alpha value is -2.98. The first-order chi connectivity index (χ1) is 13.6. The van der Waals surface area contributed by atoms with Crippen molar-refractivity contribution in [3.8, 4) is 11.5 Å². The SMILES string of the molecule is COc1ccc(CCN2C(=O)NC(NC(=O)C3CC3)(C(F)(F)F)C2=O)cc1OC. The molecule has 158 valence electrons. The first kappa shape index (κ1) is 20.7. The highest BCUT2D eigenvalue weighted by molar-refractivity contribution is 6.09. The highest BCUT2D eigenvalue weighted by atomic mass is 19.4. The van der Waals surface area contributed by atoms with Crippen molar-refractivity contribution < 1.29 is 37.0 Å². The summed E-state index contributed by atoms with van der Waals surface area (Å²) in [6.07, 6.45) is -4.21. The van der Waals surface area contributed by atoms with Gasteiger partial charge in [-0.25, -0.2) is 4.79 Å². The van der Waals surface area contributed by atoms with E-state index in [1.807, 2.05) is 0 Å². The smallest absolute Gasteiger partial charge is 0.440 e. The number of alkyl halides is 3. The molecule has 0 bridgehead atoms. The van der Waals surface area contributed by atoms with E-state index < -0.39 is 35.6 Å². The molecule has 1 saturated carbocycles. The summed E-state index contributed by atoms with van der Waals surface area (Å²) in [6.45, 7) is -0.308. The monoisotopic (exact) mass is 415 g/mol. The number of benzene rings is 1. The van der Waals surface area contributed by atoms with Crippen LogP contribution in [-0.2, 0) is 16.0 Å². The van der Waals surface area contributed by atoms with Gasteiger partial charge in [-0.1, -0.05) is 6.07 Å². The average Bonchev–Trinajstić information content (AvgIpc) is 3.48. The van der Waals surface area contributed by atoms with Crippen LogP contribution in [0.4, 0.5) is 18.0 Å². The molecule has 11 heteroatoms. The fourth-order valence-electron chi connectivity index (χ4n) is 3.04. The zero-order valence-corrected chi connectivity index (χ0v) is 15.8. The highest BCUT2D eigenvalue weighted by Crippen LogP contribution is 2.36. The molecule has 2 aliphatic rings. The average molecular weight is 415 g/mol. The van der Waals surface area contributed by atoms with Crippen molar-refractivity contribution in [1.82, 2.24) is 15.5 Å². The molecule has 1 heterocycles. The molecule has 1 aliphatic carbocycles. The maximum Gasteiger partial charge on any atom is 0.440 e. The lowest BCUT2D eigenvalue weighted by Gasteiger charge is -2.29. The van der Waals surface area contributed by atoms with Gasteiger partial charge in [0, 0.05) is 12.5 Å². The molecule has 0 spiro atoms. The molecule has 1 atom stereocenters. The van der Waals surface area contributed by atoms with Gasteiger partial charge in [-0.3, -0.25) is 19.8 Å². The summed E-state index contributed by atoms with van der Waals surface area (Å²) in [5, 5.41) is 3.35. The van der Waals surface area contributed by atoms with Crippen LogP contribution in [0.25, 0.3) is 0 Å². The highest BCUT2D eigenvalue weighted by Gasteiger charge is 2.69. The topological polar surface area (TPSA) is 97.0 Å². The number of imide groups is 1. The standard InChI is InChI=1S/C18H20F3N3O5/c1-28-12-6-3-10(9-13(12)29-2)7-8-24-15(26)17(18(19,20)21,23-16(24)27)22-14(25)11-4-5-11/h3,6,9,11H,4-5,7-8H2,1-2H3,(H,22,25)(H,23,27). The number of carbonyl (C=O) groups is 3. The molecular weight excluding hydrogens is 395 g/mol. The van der Waals surface area contributed by atoms with Gasteiger partial charge in [-0.2, -0.15) is 13.2 Å². The van der Waals surface area contributed by atoms with Crippen LogP contribution in [0.2, 0.25) is 0 Å². The number of hydrogen-bond donors (Lipinski definition) is 2. The largest absolute Gasteiger partial charge is 0.493 e. The summed E-state index contributed by atoms with van der Waals surface area (Å²) in [4.78, 5) is 37.1. The molecule has 0 aromatic heterocycles. The van der Waals surface area contributed by atoms with Crippen LogP contribution in [0.15, 0.2) is 18.2 Å². The van der Waals surface area contributed by atoms with Crippen molar-refractivity contribution in [2.24, 2.45) is 5.92 Å². The summed E-state index contributed by atoms with van der Waals surface area (Å²) in [5.41, 5.74) is -2.82. The van der Waals surface area contributed by atoms with E-state index in [2.05, 4.69) is 0 Å². The number of halogens is 3. The third-order valence-corrected chi connectivity index (χ3v) is 4.86. The van der Waals surface area contributed by atoms with Gasteiger partial charge in [0.15, 0.2) is 11.5 Å². The predicted octanol–water partition coefficient (Wildman–Crippen LogP) is 1.58. The zero-order valence-electron chi connectivity index (χ0n) is 15.8. The molecule has 0 radical (unpaired) electrons. The van der Waals surface area contributed by atoms with Crippen LogP contribution in [0.5, 0.6) is 11.5 Å². The van der Waals surface area contributed by atoms with E-state index in [0.717, 1.165) is 0 Å². The fraction of sp³-hybridized carbons (Fsp3) is 0.500. The van der Waals surface area contributed by atoms with E-state index in [9.17, 15) is 27.6 Å². The Kier molecular flexibility index (Phi) is 5.33. The van der Waals surface area contributed by atoms with Crippen LogP contribution in [-0.4, -0.2) is 55.3 Å². The van der Waals surface area contributed by atoms with Gasteiger partial charge in [0.05, 0.1) is 14.2 Å². The quantitative estimate of drug-likeness (QED) is 0.660. The van der Waals surface area contributed by atoms with Gasteiger partial charge in [0.2, 0.25) is 5.91 Å². The van der Waals surface area contributed by atoms with Crippen LogP contribution in [0.3, 0.4) is 0 Å². The second-order valence-corrected chi connectivity index (χ2v) is 6.84. The predicted molar refractivity (Wildman–Crippen MR) is 93.1 cm³/mol. The Balaban J connectivity index is 1.77. The zero-order chi connectivity index (χ0) is 21.4. The lowest BCUT2D eigenvalue weighted by atomic mass is 10.1. The molecule has 1 aromatic rings. The van der Waals surface area contributed by atoms with E-state index in [1.54, 1.807) is 28.8 Å². The number of ether oxygens (including phenoxy) is 2. The van der Waals surface area contributed by atoms with Gasteiger partial charge >= 0.3 is 12.2 Å². The fourth-order valence-corrected chi connectivity index (χ4v) is 3.04. The Morgan fingerprint density at radius 2 is 1.90 bits per heavy atom. The Bertz CT molecular complexity index is 841. The first-order valence-electron chi connectivity index (χ1n) is 8.86. The first-order valence-corrected chi connectivity index (χ1v) is 8.86. The normalized spacial score (nSPS) is 21.8. The second kappa shape index (κ2) is 7.45. The van der Waals surface area contributed by atoms with Gasteiger partial charge in [-0.15, -0.1) is 0 Å². The molecule has 1 unspecified atom stereocenters. The third kappa shape index (κ3) is 3.81. The Labute approximate surface area is 164 Å². The van der Waals surface area contributed by atoms with Gasteiger partial charge in [-0.05, 0) is 37.0 Å². The lowest BCUT2D eigenvalue weighted by Crippen LogP contribution is -2.69. The molecular formula is C18H20F3N3O5. The van der Waals surface area contributed by atoms with Crippen molar-refractivity contribution in [2.75, 3.05) is 20.8 Å². The van der Waals surface area contributed by atoms with Crippen molar-refractivity contribution in [2.45, 2.75) is 31.1 Å². The second-order valence-electron chi connectivity index (χ2n) is 6.84. The summed E-state index contributed by atoms with van der Waals surface area (Å²) in [5.74, 6) is -2.16. The van der Waals surface area contributed by atoms with Crippen LogP contribution >= 0.6 is 0 Å². The van der Waals surface area contributed by atoms with E-state index in [1.165, 1.54) is 14.2 Å². The summed E-state index contributed by atoms with van der Waals surface area (Å²) in [7, 11) is 2.89. The maximum atomic E-state index is 13.7. The van der Waals surface area contributed by atoms with Crippen LogP contribution in [0.1, 0.15) is 18.4 Å². The summed E-state index contributed by atoms with van der Waals surface area (Å²) < 4.78 is 51.4. The minimum absolute atomic E-state index is 0.0873. The van der Waals surface area contributed by atoms with Gasteiger partial charge in [0.25, 0.3) is 11.6 Å². The molecule has 4 amide bonds. The number of nitrogens with zero attached hydrogens (tertiary/aromatic N) is 1. The number of hydrogen-bond acceptors (Lipinski definition) is 5. The van der Waals surface area contributed by atoms with Crippen LogP contribution < -0.4 is 20.1 Å².